The fourth-order valence-electron chi connectivity index (χ4n) is 1.72. The van der Waals surface area contributed by atoms with Gasteiger partial charge in [0.2, 0.25) is 0 Å². The average molecular weight is 302 g/mol. The molecule has 0 aliphatic heterocycles. The van der Waals surface area contributed by atoms with Crippen LogP contribution < -0.4 is 5.32 Å². The summed E-state index contributed by atoms with van der Waals surface area (Å²) in [6, 6.07) is 6.54. The summed E-state index contributed by atoms with van der Waals surface area (Å²) >= 11 is 5.80. The lowest BCUT2D eigenvalue weighted by molar-refractivity contribution is 0.186. The van der Waals surface area contributed by atoms with Gasteiger partial charge in [-0.1, -0.05) is 11.6 Å². The van der Waals surface area contributed by atoms with E-state index in [1.165, 1.54) is 12.1 Å². The largest absolute Gasteiger partial charge is 0.386 e. The smallest absolute Gasteiger partial charge is 0.129 e. The molecule has 6 heteroatoms. The van der Waals surface area contributed by atoms with Crippen LogP contribution in [0.5, 0.6) is 0 Å². The molecule has 2 N–H and O–H groups in total. The molecule has 1 atom stereocenters. The second-order valence-electron chi connectivity index (χ2n) is 4.19. The maximum Gasteiger partial charge on any atom is 0.129 e. The van der Waals surface area contributed by atoms with Crippen molar-refractivity contribution in [2.24, 2.45) is 0 Å². The van der Waals surface area contributed by atoms with Crippen molar-refractivity contribution in [3.8, 4) is 0 Å². The zero-order valence-corrected chi connectivity index (χ0v) is 11.0. The third kappa shape index (κ3) is 3.43. The van der Waals surface area contributed by atoms with Gasteiger partial charge in [-0.15, -0.1) is 0 Å². The highest BCUT2D eigenvalue weighted by Gasteiger charge is 2.14. The Bertz CT molecular complexity index is 621. The van der Waals surface area contributed by atoms with E-state index in [0.717, 1.165) is 24.3 Å². The molecular weight excluding hydrogens is 291 g/mol. The van der Waals surface area contributed by atoms with Crippen molar-refractivity contribution in [3.05, 3.63) is 64.4 Å². The van der Waals surface area contributed by atoms with Crippen LogP contribution in [0, 0.1) is 17.5 Å². The third-order valence-corrected chi connectivity index (χ3v) is 3.05. The van der Waals surface area contributed by atoms with E-state index in [1.54, 1.807) is 0 Å². The number of aliphatic hydroxyl groups is 1. The maximum absolute atomic E-state index is 13.4. The van der Waals surface area contributed by atoms with Crippen molar-refractivity contribution in [1.29, 1.82) is 0 Å². The Balaban J connectivity index is 2.08. The van der Waals surface area contributed by atoms with Crippen LogP contribution in [-0.2, 0) is 0 Å². The number of benzene rings is 2. The summed E-state index contributed by atoms with van der Waals surface area (Å²) in [5, 5.41) is 12.7. The Morgan fingerprint density at radius 3 is 2.40 bits per heavy atom. The molecular formula is C14H11ClF3NO. The number of aliphatic hydroxyl groups excluding tert-OH is 1. The molecule has 20 heavy (non-hydrogen) atoms. The molecule has 0 aliphatic carbocycles. The quantitative estimate of drug-likeness (QED) is 0.897. The van der Waals surface area contributed by atoms with Crippen LogP contribution >= 0.6 is 11.6 Å². The average Bonchev–Trinajstić information content (AvgIpc) is 2.40. The van der Waals surface area contributed by atoms with Gasteiger partial charge in [-0.25, -0.2) is 13.2 Å². The van der Waals surface area contributed by atoms with E-state index in [1.807, 2.05) is 0 Å². The van der Waals surface area contributed by atoms with Crippen LogP contribution in [0.3, 0.4) is 0 Å². The Kier molecular flexibility index (Phi) is 4.52. The van der Waals surface area contributed by atoms with E-state index >= 15 is 0 Å². The summed E-state index contributed by atoms with van der Waals surface area (Å²) in [7, 11) is 0. The van der Waals surface area contributed by atoms with E-state index in [4.69, 9.17) is 11.6 Å². The number of rotatable bonds is 4. The molecule has 2 aromatic carbocycles. The van der Waals surface area contributed by atoms with E-state index < -0.39 is 23.6 Å². The minimum absolute atomic E-state index is 0.0915. The number of hydrogen-bond acceptors (Lipinski definition) is 2. The van der Waals surface area contributed by atoms with Crippen LogP contribution in [0.2, 0.25) is 5.02 Å². The first-order valence-electron chi connectivity index (χ1n) is 5.79. The Morgan fingerprint density at radius 1 is 1.05 bits per heavy atom. The first kappa shape index (κ1) is 14.7. The molecule has 2 nitrogen and oxygen atoms in total. The monoisotopic (exact) mass is 301 g/mol. The van der Waals surface area contributed by atoms with Crippen molar-refractivity contribution in [1.82, 2.24) is 0 Å². The SMILES string of the molecule is OC(CNc1ccc(F)cc1Cl)c1cc(F)ccc1F. The minimum atomic E-state index is -1.26. The lowest BCUT2D eigenvalue weighted by atomic mass is 10.1. The lowest BCUT2D eigenvalue weighted by Crippen LogP contribution is -2.14. The fraction of sp³-hybridized carbons (Fsp3) is 0.143. The van der Waals surface area contributed by atoms with E-state index in [0.29, 0.717) is 5.69 Å². The van der Waals surface area contributed by atoms with Gasteiger partial charge in [-0.2, -0.15) is 0 Å². The van der Waals surface area contributed by atoms with Gasteiger partial charge >= 0.3 is 0 Å². The summed E-state index contributed by atoms with van der Waals surface area (Å²) in [5.41, 5.74) is 0.236. The molecule has 0 amide bonds. The molecule has 0 spiro atoms. The van der Waals surface area contributed by atoms with Crippen molar-refractivity contribution < 1.29 is 18.3 Å². The van der Waals surface area contributed by atoms with Crippen LogP contribution in [0.4, 0.5) is 18.9 Å². The highest BCUT2D eigenvalue weighted by molar-refractivity contribution is 6.33. The first-order chi connectivity index (χ1) is 9.47. The van der Waals surface area contributed by atoms with Gasteiger partial charge in [0.05, 0.1) is 16.8 Å². The van der Waals surface area contributed by atoms with Gasteiger partial charge in [0.1, 0.15) is 17.5 Å². The van der Waals surface area contributed by atoms with E-state index in [9.17, 15) is 18.3 Å². The molecule has 2 aromatic rings. The van der Waals surface area contributed by atoms with E-state index in [2.05, 4.69) is 5.32 Å². The van der Waals surface area contributed by atoms with Crippen LogP contribution in [0.15, 0.2) is 36.4 Å². The summed E-state index contributed by atoms with van der Waals surface area (Å²) in [5.74, 6) is -1.83. The molecule has 0 aliphatic rings. The van der Waals surface area contributed by atoms with Crippen molar-refractivity contribution in [2.45, 2.75) is 6.10 Å². The first-order valence-corrected chi connectivity index (χ1v) is 6.17. The van der Waals surface area contributed by atoms with Crippen molar-refractivity contribution in [2.75, 3.05) is 11.9 Å². The second kappa shape index (κ2) is 6.15. The molecule has 0 heterocycles. The number of halogens is 4. The van der Waals surface area contributed by atoms with Crippen LogP contribution in [-0.4, -0.2) is 11.7 Å². The highest BCUT2D eigenvalue weighted by Crippen LogP contribution is 2.24. The van der Waals surface area contributed by atoms with E-state index in [-0.39, 0.29) is 17.1 Å². The molecule has 0 saturated carbocycles. The second-order valence-corrected chi connectivity index (χ2v) is 4.59. The predicted octanol–water partition coefficient (Wildman–Crippen LogP) is 3.90. The molecule has 1 unspecified atom stereocenters. The Morgan fingerprint density at radius 2 is 1.70 bits per heavy atom. The van der Waals surface area contributed by atoms with Gasteiger partial charge in [-0.05, 0) is 36.4 Å². The zero-order valence-electron chi connectivity index (χ0n) is 10.2. The fourth-order valence-corrected chi connectivity index (χ4v) is 1.95. The summed E-state index contributed by atoms with van der Waals surface area (Å²) < 4.78 is 39.3. The summed E-state index contributed by atoms with van der Waals surface area (Å²) in [6.45, 7) is -0.0915. The Hall–Kier alpha value is -1.72. The molecule has 0 radical (unpaired) electrons. The normalized spacial score (nSPS) is 12.2. The topological polar surface area (TPSA) is 32.3 Å². The molecule has 0 bridgehead atoms. The molecule has 2 rings (SSSR count). The number of nitrogens with one attached hydrogen (secondary N) is 1. The zero-order chi connectivity index (χ0) is 14.7. The summed E-state index contributed by atoms with van der Waals surface area (Å²) in [4.78, 5) is 0. The maximum atomic E-state index is 13.4. The molecule has 0 saturated heterocycles. The van der Waals surface area contributed by atoms with Crippen LogP contribution in [0.1, 0.15) is 11.7 Å². The number of anilines is 1. The van der Waals surface area contributed by atoms with Crippen molar-refractivity contribution in [3.63, 3.8) is 0 Å². The highest BCUT2D eigenvalue weighted by atomic mass is 35.5. The lowest BCUT2D eigenvalue weighted by Gasteiger charge is -2.15. The van der Waals surface area contributed by atoms with Gasteiger partial charge in [0.15, 0.2) is 0 Å². The summed E-state index contributed by atoms with van der Waals surface area (Å²) in [6.07, 6.45) is -1.26. The predicted molar refractivity (Wildman–Crippen MR) is 71.2 cm³/mol. The molecule has 0 fully saturated rings. The standard InChI is InChI=1S/C14H11ClF3NO/c15-11-6-9(17)2-4-13(11)19-7-14(20)10-5-8(16)1-3-12(10)18/h1-6,14,19-20H,7H2. The van der Waals surface area contributed by atoms with Gasteiger partial charge in [0, 0.05) is 12.1 Å². The van der Waals surface area contributed by atoms with Crippen molar-refractivity contribution >= 4 is 17.3 Å². The van der Waals surface area contributed by atoms with Gasteiger partial charge in [-0.3, -0.25) is 0 Å². The van der Waals surface area contributed by atoms with Gasteiger partial charge in [0.25, 0.3) is 0 Å². The van der Waals surface area contributed by atoms with Gasteiger partial charge < -0.3 is 10.4 Å². The molecule has 106 valence electrons. The Labute approximate surface area is 118 Å². The number of hydrogen-bond donors (Lipinski definition) is 2. The van der Waals surface area contributed by atoms with Crippen LogP contribution in [0.25, 0.3) is 0 Å². The minimum Gasteiger partial charge on any atom is -0.386 e. The third-order valence-electron chi connectivity index (χ3n) is 2.73. The molecule has 0 aromatic heterocycles.